The summed E-state index contributed by atoms with van der Waals surface area (Å²) in [4.78, 5) is 16.8. The quantitative estimate of drug-likeness (QED) is 0.836. The highest BCUT2D eigenvalue weighted by Gasteiger charge is 2.32. The van der Waals surface area contributed by atoms with E-state index in [0.29, 0.717) is 11.6 Å². The molecule has 2 aliphatic rings. The Kier molecular flexibility index (Phi) is 4.24. The standard InChI is InChI=1S/C17H23FN2O/c1-13-6-5-7-15(16(13)18)17(21)20-11-8-14(12-20)19-9-3-2-4-10-19/h5-7,14H,2-4,8-12H2,1H3. The van der Waals surface area contributed by atoms with Gasteiger partial charge in [-0.25, -0.2) is 4.39 Å². The van der Waals surface area contributed by atoms with Crippen molar-refractivity contribution in [2.75, 3.05) is 26.2 Å². The lowest BCUT2D eigenvalue weighted by Crippen LogP contribution is -2.41. The first-order valence-corrected chi connectivity index (χ1v) is 7.95. The topological polar surface area (TPSA) is 23.6 Å². The summed E-state index contributed by atoms with van der Waals surface area (Å²) in [6, 6.07) is 5.51. The zero-order valence-corrected chi connectivity index (χ0v) is 12.6. The smallest absolute Gasteiger partial charge is 0.256 e. The van der Waals surface area contributed by atoms with E-state index in [1.807, 2.05) is 4.90 Å². The van der Waals surface area contributed by atoms with E-state index in [2.05, 4.69) is 4.90 Å². The fourth-order valence-corrected chi connectivity index (χ4v) is 3.49. The van der Waals surface area contributed by atoms with Gasteiger partial charge in [0.1, 0.15) is 5.82 Å². The second-order valence-electron chi connectivity index (χ2n) is 6.23. The van der Waals surface area contributed by atoms with Crippen LogP contribution in [0.4, 0.5) is 4.39 Å². The van der Waals surface area contributed by atoms with Crippen LogP contribution in [-0.4, -0.2) is 47.9 Å². The Morgan fingerprint density at radius 1 is 1.19 bits per heavy atom. The molecule has 0 bridgehead atoms. The van der Waals surface area contributed by atoms with Gasteiger partial charge in [0.15, 0.2) is 0 Å². The molecule has 3 nitrogen and oxygen atoms in total. The Morgan fingerprint density at radius 3 is 2.71 bits per heavy atom. The lowest BCUT2D eigenvalue weighted by molar-refractivity contribution is 0.0766. The number of nitrogens with zero attached hydrogens (tertiary/aromatic N) is 2. The van der Waals surface area contributed by atoms with Crippen LogP contribution in [0.1, 0.15) is 41.6 Å². The van der Waals surface area contributed by atoms with Crippen molar-refractivity contribution in [1.82, 2.24) is 9.80 Å². The fourth-order valence-electron chi connectivity index (χ4n) is 3.49. The first-order chi connectivity index (χ1) is 10.2. The first-order valence-electron chi connectivity index (χ1n) is 7.95. The Balaban J connectivity index is 1.68. The normalized spacial score (nSPS) is 23.5. The van der Waals surface area contributed by atoms with Crippen LogP contribution >= 0.6 is 0 Å². The van der Waals surface area contributed by atoms with Crippen LogP contribution in [0.2, 0.25) is 0 Å². The Hall–Kier alpha value is -1.42. The average Bonchev–Trinajstić information content (AvgIpc) is 3.00. The van der Waals surface area contributed by atoms with Gasteiger partial charge in [-0.1, -0.05) is 18.6 Å². The molecule has 2 fully saturated rings. The van der Waals surface area contributed by atoms with Crippen LogP contribution in [0.3, 0.4) is 0 Å². The second-order valence-corrected chi connectivity index (χ2v) is 6.23. The van der Waals surface area contributed by atoms with E-state index in [1.54, 1.807) is 25.1 Å². The maximum atomic E-state index is 14.1. The second kappa shape index (κ2) is 6.14. The summed E-state index contributed by atoms with van der Waals surface area (Å²) in [5.41, 5.74) is 0.752. The number of aryl methyl sites for hydroxylation is 1. The van der Waals surface area contributed by atoms with Gasteiger partial charge in [-0.15, -0.1) is 0 Å². The molecule has 114 valence electrons. The van der Waals surface area contributed by atoms with Gasteiger partial charge >= 0.3 is 0 Å². The fraction of sp³-hybridized carbons (Fsp3) is 0.588. The van der Waals surface area contributed by atoms with Crippen molar-refractivity contribution in [3.8, 4) is 0 Å². The molecule has 0 aromatic heterocycles. The molecule has 2 aliphatic heterocycles. The summed E-state index contributed by atoms with van der Waals surface area (Å²) in [6.07, 6.45) is 4.85. The van der Waals surface area contributed by atoms with E-state index >= 15 is 0 Å². The number of carbonyl (C=O) groups is 1. The van der Waals surface area contributed by atoms with Crippen LogP contribution in [0, 0.1) is 12.7 Å². The number of amides is 1. The van der Waals surface area contributed by atoms with Crippen LogP contribution in [-0.2, 0) is 0 Å². The number of hydrogen-bond donors (Lipinski definition) is 0. The molecule has 1 amide bonds. The van der Waals surface area contributed by atoms with Crippen molar-refractivity contribution in [3.63, 3.8) is 0 Å². The highest BCUT2D eigenvalue weighted by Crippen LogP contribution is 2.23. The molecule has 0 radical (unpaired) electrons. The molecule has 2 saturated heterocycles. The summed E-state index contributed by atoms with van der Waals surface area (Å²) < 4.78 is 14.1. The van der Waals surface area contributed by atoms with E-state index in [0.717, 1.165) is 32.6 Å². The van der Waals surface area contributed by atoms with Crippen molar-refractivity contribution < 1.29 is 9.18 Å². The summed E-state index contributed by atoms with van der Waals surface area (Å²) in [6.45, 7) is 5.48. The zero-order valence-electron chi connectivity index (χ0n) is 12.6. The molecule has 1 aromatic carbocycles. The molecule has 0 saturated carbocycles. The number of carbonyl (C=O) groups excluding carboxylic acids is 1. The van der Waals surface area contributed by atoms with Crippen LogP contribution in [0.15, 0.2) is 18.2 Å². The van der Waals surface area contributed by atoms with Crippen molar-refractivity contribution in [2.24, 2.45) is 0 Å². The molecular weight excluding hydrogens is 267 g/mol. The van der Waals surface area contributed by atoms with Gasteiger partial charge in [0.05, 0.1) is 5.56 Å². The molecule has 21 heavy (non-hydrogen) atoms. The lowest BCUT2D eigenvalue weighted by atomic mass is 10.1. The predicted octanol–water partition coefficient (Wildman–Crippen LogP) is 2.83. The van der Waals surface area contributed by atoms with E-state index < -0.39 is 0 Å². The van der Waals surface area contributed by atoms with Crippen molar-refractivity contribution in [3.05, 3.63) is 35.1 Å². The van der Waals surface area contributed by atoms with Gasteiger partial charge < -0.3 is 4.90 Å². The Morgan fingerprint density at radius 2 is 1.95 bits per heavy atom. The van der Waals surface area contributed by atoms with Crippen molar-refractivity contribution in [1.29, 1.82) is 0 Å². The molecular formula is C17H23FN2O. The highest BCUT2D eigenvalue weighted by molar-refractivity contribution is 5.94. The lowest BCUT2D eigenvalue weighted by Gasteiger charge is -2.32. The van der Waals surface area contributed by atoms with E-state index in [4.69, 9.17) is 0 Å². The minimum Gasteiger partial charge on any atom is -0.337 e. The van der Waals surface area contributed by atoms with Gasteiger partial charge in [0.25, 0.3) is 5.91 Å². The SMILES string of the molecule is Cc1cccc(C(=O)N2CCC(N3CCCCC3)C2)c1F. The number of hydrogen-bond acceptors (Lipinski definition) is 2. The van der Waals surface area contributed by atoms with E-state index in [1.165, 1.54) is 19.3 Å². The zero-order chi connectivity index (χ0) is 14.8. The molecule has 0 spiro atoms. The highest BCUT2D eigenvalue weighted by atomic mass is 19.1. The van der Waals surface area contributed by atoms with E-state index in [-0.39, 0.29) is 17.3 Å². The monoisotopic (exact) mass is 290 g/mol. The predicted molar refractivity (Wildman–Crippen MR) is 80.9 cm³/mol. The van der Waals surface area contributed by atoms with Crippen LogP contribution in [0.5, 0.6) is 0 Å². The number of halogens is 1. The molecule has 0 N–H and O–H groups in total. The summed E-state index contributed by atoms with van der Waals surface area (Å²) in [5.74, 6) is -0.528. The third-order valence-electron chi connectivity index (χ3n) is 4.78. The van der Waals surface area contributed by atoms with Gasteiger partial charge in [0.2, 0.25) is 0 Å². The van der Waals surface area contributed by atoms with Gasteiger partial charge in [0, 0.05) is 19.1 Å². The third-order valence-corrected chi connectivity index (χ3v) is 4.78. The Labute approximate surface area is 125 Å². The molecule has 1 aromatic rings. The molecule has 4 heteroatoms. The van der Waals surface area contributed by atoms with Crippen molar-refractivity contribution in [2.45, 2.75) is 38.6 Å². The Bertz CT molecular complexity index is 526. The minimum atomic E-state index is -0.371. The first kappa shape index (κ1) is 14.5. The third kappa shape index (κ3) is 2.95. The van der Waals surface area contributed by atoms with Gasteiger partial charge in [-0.2, -0.15) is 0 Å². The van der Waals surface area contributed by atoms with Crippen molar-refractivity contribution >= 4 is 5.91 Å². The minimum absolute atomic E-state index is 0.157. The number of rotatable bonds is 2. The molecule has 1 atom stereocenters. The van der Waals surface area contributed by atoms with Crippen LogP contribution in [0.25, 0.3) is 0 Å². The van der Waals surface area contributed by atoms with Gasteiger partial charge in [-0.05, 0) is 50.9 Å². The molecule has 3 rings (SSSR count). The molecule has 0 aliphatic carbocycles. The average molecular weight is 290 g/mol. The van der Waals surface area contributed by atoms with E-state index in [9.17, 15) is 9.18 Å². The van der Waals surface area contributed by atoms with Gasteiger partial charge in [-0.3, -0.25) is 9.69 Å². The summed E-state index contributed by atoms with van der Waals surface area (Å²) >= 11 is 0. The van der Waals surface area contributed by atoms with Crippen LogP contribution < -0.4 is 0 Å². The number of likely N-dealkylation sites (tertiary alicyclic amines) is 2. The largest absolute Gasteiger partial charge is 0.337 e. The number of piperidine rings is 1. The summed E-state index contributed by atoms with van der Waals surface area (Å²) in [5, 5.41) is 0. The molecule has 2 heterocycles. The molecule has 1 unspecified atom stereocenters. The maximum Gasteiger partial charge on any atom is 0.256 e. The summed E-state index contributed by atoms with van der Waals surface area (Å²) in [7, 11) is 0. The number of benzene rings is 1. The maximum absolute atomic E-state index is 14.1.